The van der Waals surface area contributed by atoms with Gasteiger partial charge in [-0.25, -0.2) is 4.98 Å². The molecular formula is C6H10N2O. The van der Waals surface area contributed by atoms with E-state index in [4.69, 9.17) is 4.42 Å². The Bertz CT molecular complexity index is 183. The Kier molecular flexibility index (Phi) is 1.72. The van der Waals surface area contributed by atoms with E-state index in [0.29, 0.717) is 6.01 Å². The van der Waals surface area contributed by atoms with Crippen molar-refractivity contribution in [3.8, 4) is 0 Å². The average molecular weight is 126 g/mol. The van der Waals surface area contributed by atoms with E-state index < -0.39 is 0 Å². The van der Waals surface area contributed by atoms with Gasteiger partial charge in [0.05, 0.1) is 6.20 Å². The quantitative estimate of drug-likeness (QED) is 0.651. The van der Waals surface area contributed by atoms with Crippen molar-refractivity contribution < 1.29 is 4.42 Å². The maximum Gasteiger partial charge on any atom is 0.294 e. The topological polar surface area (TPSA) is 38.1 Å². The molecule has 3 heteroatoms. The monoisotopic (exact) mass is 126 g/mol. The molecule has 0 bridgehead atoms. The summed E-state index contributed by atoms with van der Waals surface area (Å²) < 4.78 is 5.10. The predicted octanol–water partition coefficient (Wildman–Crippen LogP) is 1.41. The van der Waals surface area contributed by atoms with E-state index in [-0.39, 0.29) is 0 Å². The molecule has 0 spiro atoms. The molecule has 1 aromatic rings. The number of nitrogens with one attached hydrogen (secondary N) is 1. The first kappa shape index (κ1) is 6.13. The molecule has 0 saturated carbocycles. The van der Waals surface area contributed by atoms with Gasteiger partial charge >= 0.3 is 0 Å². The Morgan fingerprint density at radius 1 is 1.78 bits per heavy atom. The van der Waals surface area contributed by atoms with Gasteiger partial charge in [0, 0.05) is 6.54 Å². The molecule has 0 aliphatic rings. The summed E-state index contributed by atoms with van der Waals surface area (Å²) in [6, 6.07) is 0.606. The van der Waals surface area contributed by atoms with E-state index in [2.05, 4.69) is 10.3 Å². The third-order valence-electron chi connectivity index (χ3n) is 0.949. The Hall–Kier alpha value is -0.990. The summed E-state index contributed by atoms with van der Waals surface area (Å²) in [6.07, 6.45) is 1.69. The number of anilines is 1. The first-order chi connectivity index (χ1) is 4.33. The third kappa shape index (κ3) is 1.45. The van der Waals surface area contributed by atoms with Crippen LogP contribution in [0.2, 0.25) is 0 Å². The second kappa shape index (κ2) is 2.53. The zero-order valence-corrected chi connectivity index (χ0v) is 5.64. The minimum absolute atomic E-state index is 0.606. The van der Waals surface area contributed by atoms with Gasteiger partial charge in [-0.15, -0.1) is 0 Å². The number of aromatic nitrogens is 1. The van der Waals surface area contributed by atoms with Gasteiger partial charge in [-0.2, -0.15) is 0 Å². The highest BCUT2D eigenvalue weighted by molar-refractivity contribution is 5.18. The molecule has 1 aromatic heterocycles. The molecule has 0 radical (unpaired) electrons. The van der Waals surface area contributed by atoms with E-state index in [1.54, 1.807) is 6.20 Å². The zero-order chi connectivity index (χ0) is 6.69. The normalized spacial score (nSPS) is 9.56. The summed E-state index contributed by atoms with van der Waals surface area (Å²) in [4.78, 5) is 3.93. The van der Waals surface area contributed by atoms with Crippen LogP contribution in [0.4, 0.5) is 6.01 Å². The van der Waals surface area contributed by atoms with Crippen LogP contribution < -0.4 is 5.32 Å². The number of rotatable bonds is 2. The molecule has 0 saturated heterocycles. The fourth-order valence-electron chi connectivity index (χ4n) is 0.588. The van der Waals surface area contributed by atoms with Crippen LogP contribution in [-0.2, 0) is 0 Å². The average Bonchev–Trinajstić information content (AvgIpc) is 2.17. The lowest BCUT2D eigenvalue weighted by Gasteiger charge is -1.91. The molecule has 0 fully saturated rings. The van der Waals surface area contributed by atoms with Gasteiger partial charge in [0.25, 0.3) is 6.01 Å². The first-order valence-electron chi connectivity index (χ1n) is 2.99. The summed E-state index contributed by atoms with van der Waals surface area (Å²) >= 11 is 0. The fourth-order valence-corrected chi connectivity index (χ4v) is 0.588. The van der Waals surface area contributed by atoms with Crippen LogP contribution in [0, 0.1) is 6.92 Å². The highest BCUT2D eigenvalue weighted by atomic mass is 16.4. The summed E-state index contributed by atoms with van der Waals surface area (Å²) in [7, 11) is 0. The minimum Gasteiger partial charge on any atom is -0.429 e. The molecule has 0 aliphatic carbocycles. The Morgan fingerprint density at radius 3 is 3.00 bits per heavy atom. The van der Waals surface area contributed by atoms with Gasteiger partial charge in [0.1, 0.15) is 5.76 Å². The highest BCUT2D eigenvalue weighted by Crippen LogP contribution is 2.05. The fraction of sp³-hybridized carbons (Fsp3) is 0.500. The highest BCUT2D eigenvalue weighted by Gasteiger charge is 1.94. The number of nitrogens with zero attached hydrogens (tertiary/aromatic N) is 1. The van der Waals surface area contributed by atoms with E-state index in [0.717, 1.165) is 12.3 Å². The number of aryl methyl sites for hydroxylation is 1. The van der Waals surface area contributed by atoms with E-state index >= 15 is 0 Å². The predicted molar refractivity (Wildman–Crippen MR) is 35.4 cm³/mol. The van der Waals surface area contributed by atoms with Crippen LogP contribution in [0.25, 0.3) is 0 Å². The van der Waals surface area contributed by atoms with Crippen LogP contribution in [0.3, 0.4) is 0 Å². The van der Waals surface area contributed by atoms with E-state index in [9.17, 15) is 0 Å². The molecule has 1 N–H and O–H groups in total. The molecular weight excluding hydrogens is 116 g/mol. The van der Waals surface area contributed by atoms with Crippen LogP contribution in [0.1, 0.15) is 12.7 Å². The molecule has 9 heavy (non-hydrogen) atoms. The lowest BCUT2D eigenvalue weighted by Crippen LogP contribution is -1.95. The van der Waals surface area contributed by atoms with Crippen LogP contribution in [0.5, 0.6) is 0 Å². The van der Waals surface area contributed by atoms with E-state index in [1.807, 2.05) is 13.8 Å². The number of hydrogen-bond donors (Lipinski definition) is 1. The minimum atomic E-state index is 0.606. The summed E-state index contributed by atoms with van der Waals surface area (Å²) in [5.41, 5.74) is 0. The molecule has 0 aliphatic heterocycles. The summed E-state index contributed by atoms with van der Waals surface area (Å²) in [5.74, 6) is 0.839. The Balaban J connectivity index is 2.61. The SMILES string of the molecule is CCNc1ncc(C)o1. The molecule has 0 amide bonds. The van der Waals surface area contributed by atoms with Crippen LogP contribution in [-0.4, -0.2) is 11.5 Å². The first-order valence-corrected chi connectivity index (χ1v) is 2.99. The van der Waals surface area contributed by atoms with E-state index in [1.165, 1.54) is 0 Å². The molecule has 50 valence electrons. The van der Waals surface area contributed by atoms with Crippen molar-refractivity contribution in [2.45, 2.75) is 13.8 Å². The third-order valence-corrected chi connectivity index (χ3v) is 0.949. The number of oxazole rings is 1. The maximum absolute atomic E-state index is 5.10. The zero-order valence-electron chi connectivity index (χ0n) is 5.64. The van der Waals surface area contributed by atoms with Gasteiger partial charge < -0.3 is 9.73 Å². The van der Waals surface area contributed by atoms with Crippen molar-refractivity contribution in [1.29, 1.82) is 0 Å². The molecule has 3 nitrogen and oxygen atoms in total. The second-order valence-corrected chi connectivity index (χ2v) is 1.81. The largest absolute Gasteiger partial charge is 0.429 e. The van der Waals surface area contributed by atoms with Crippen molar-refractivity contribution in [3.05, 3.63) is 12.0 Å². The molecule has 1 heterocycles. The second-order valence-electron chi connectivity index (χ2n) is 1.81. The molecule has 0 unspecified atom stereocenters. The van der Waals surface area contributed by atoms with Crippen LogP contribution in [0.15, 0.2) is 10.6 Å². The van der Waals surface area contributed by atoms with Gasteiger partial charge in [-0.3, -0.25) is 0 Å². The standard InChI is InChI=1S/C6H10N2O/c1-3-7-6-8-4-5(2)9-6/h4H,3H2,1-2H3,(H,7,8). The van der Waals surface area contributed by atoms with Gasteiger partial charge in [0.2, 0.25) is 0 Å². The van der Waals surface area contributed by atoms with Crippen molar-refractivity contribution in [2.75, 3.05) is 11.9 Å². The van der Waals surface area contributed by atoms with Gasteiger partial charge in [0.15, 0.2) is 0 Å². The Labute approximate surface area is 54.1 Å². The maximum atomic E-state index is 5.10. The molecule has 0 atom stereocenters. The van der Waals surface area contributed by atoms with Crippen molar-refractivity contribution >= 4 is 6.01 Å². The van der Waals surface area contributed by atoms with Crippen molar-refractivity contribution in [3.63, 3.8) is 0 Å². The summed E-state index contributed by atoms with van der Waals surface area (Å²) in [6.45, 7) is 4.72. The lowest BCUT2D eigenvalue weighted by atomic mass is 10.6. The van der Waals surface area contributed by atoms with Crippen molar-refractivity contribution in [1.82, 2.24) is 4.98 Å². The smallest absolute Gasteiger partial charge is 0.294 e. The van der Waals surface area contributed by atoms with Gasteiger partial charge in [-0.1, -0.05) is 0 Å². The van der Waals surface area contributed by atoms with Gasteiger partial charge in [-0.05, 0) is 13.8 Å². The van der Waals surface area contributed by atoms with Crippen LogP contribution >= 0.6 is 0 Å². The Morgan fingerprint density at radius 2 is 2.56 bits per heavy atom. The number of hydrogen-bond acceptors (Lipinski definition) is 3. The van der Waals surface area contributed by atoms with Crippen molar-refractivity contribution in [2.24, 2.45) is 0 Å². The lowest BCUT2D eigenvalue weighted by molar-refractivity contribution is 0.541. The molecule has 0 aromatic carbocycles. The summed E-state index contributed by atoms with van der Waals surface area (Å²) in [5, 5.41) is 2.95. The molecule has 1 rings (SSSR count).